The van der Waals surface area contributed by atoms with Crippen molar-refractivity contribution in [2.45, 2.75) is 31.1 Å². The predicted octanol–water partition coefficient (Wildman–Crippen LogP) is 1.91. The molecular formula is C13H13F3N4O3S. The lowest BCUT2D eigenvalue weighted by Gasteiger charge is -2.25. The van der Waals surface area contributed by atoms with E-state index in [0.29, 0.717) is 6.07 Å². The van der Waals surface area contributed by atoms with E-state index in [-0.39, 0.29) is 11.5 Å². The Morgan fingerprint density at radius 2 is 2.00 bits per heavy atom. The van der Waals surface area contributed by atoms with Gasteiger partial charge in [0.1, 0.15) is 5.84 Å². The van der Waals surface area contributed by atoms with Crippen molar-refractivity contribution in [2.75, 3.05) is 4.90 Å². The zero-order valence-electron chi connectivity index (χ0n) is 12.5. The Bertz CT molecular complexity index is 843. The molecule has 0 radical (unpaired) electrons. The number of nitrogens with zero attached hydrogens (tertiary/aromatic N) is 2. The van der Waals surface area contributed by atoms with Crippen LogP contribution in [-0.2, 0) is 16.3 Å². The second kappa shape index (κ2) is 5.44. The van der Waals surface area contributed by atoms with Crippen molar-refractivity contribution in [2.24, 2.45) is 0 Å². The fourth-order valence-corrected chi connectivity index (χ4v) is 3.28. The molecule has 1 saturated heterocycles. The first-order valence-electron chi connectivity index (χ1n) is 6.52. The van der Waals surface area contributed by atoms with Crippen LogP contribution >= 0.6 is 0 Å². The van der Waals surface area contributed by atoms with Gasteiger partial charge in [0.15, 0.2) is 0 Å². The van der Waals surface area contributed by atoms with E-state index in [1.54, 1.807) is 0 Å². The van der Waals surface area contributed by atoms with Crippen LogP contribution in [0.15, 0.2) is 18.2 Å². The van der Waals surface area contributed by atoms with E-state index in [4.69, 9.17) is 10.7 Å². The molecule has 1 fully saturated rings. The van der Waals surface area contributed by atoms with Crippen LogP contribution in [0, 0.1) is 16.7 Å². The number of nitrogens with one attached hydrogen (secondary N) is 2. The summed E-state index contributed by atoms with van der Waals surface area (Å²) in [7, 11) is -4.74. The quantitative estimate of drug-likeness (QED) is 0.692. The Balaban J connectivity index is 2.65. The maximum absolute atomic E-state index is 13.1. The molecule has 0 aliphatic carbocycles. The fraction of sp³-hybridized carbons (Fsp3) is 0.385. The molecule has 0 saturated carbocycles. The van der Waals surface area contributed by atoms with Crippen molar-refractivity contribution in [3.05, 3.63) is 29.3 Å². The summed E-state index contributed by atoms with van der Waals surface area (Å²) in [6, 6.07) is 3.96. The monoisotopic (exact) mass is 362 g/mol. The summed E-state index contributed by atoms with van der Waals surface area (Å²) in [6.07, 6.45) is -4.83. The van der Waals surface area contributed by atoms with Crippen molar-refractivity contribution in [1.82, 2.24) is 5.32 Å². The van der Waals surface area contributed by atoms with Crippen LogP contribution in [0.25, 0.3) is 0 Å². The molecular weight excluding hydrogens is 349 g/mol. The summed E-state index contributed by atoms with van der Waals surface area (Å²) in [5, 5.41) is 19.3. The molecule has 1 heterocycles. The van der Waals surface area contributed by atoms with Gasteiger partial charge in [-0.3, -0.25) is 20.2 Å². The lowest BCUT2D eigenvalue weighted by Crippen LogP contribution is -2.45. The highest BCUT2D eigenvalue weighted by Gasteiger charge is 2.48. The summed E-state index contributed by atoms with van der Waals surface area (Å²) < 4.78 is 71.6. The van der Waals surface area contributed by atoms with Crippen molar-refractivity contribution in [1.29, 1.82) is 10.7 Å². The molecule has 1 unspecified atom stereocenters. The maximum atomic E-state index is 13.1. The highest BCUT2D eigenvalue weighted by atomic mass is 32.2. The van der Waals surface area contributed by atoms with E-state index in [2.05, 4.69) is 5.32 Å². The Morgan fingerprint density at radius 1 is 1.42 bits per heavy atom. The van der Waals surface area contributed by atoms with E-state index in [1.807, 2.05) is 0 Å². The van der Waals surface area contributed by atoms with Crippen molar-refractivity contribution in [3.8, 4) is 6.07 Å². The second-order valence-electron chi connectivity index (χ2n) is 5.69. The average molecular weight is 362 g/mol. The molecule has 0 aromatic heterocycles. The molecule has 3 N–H and O–H groups in total. The molecule has 0 spiro atoms. The number of nitriles is 1. The number of amidine groups is 1. The highest BCUT2D eigenvalue weighted by molar-refractivity contribution is 7.86. The summed E-state index contributed by atoms with van der Waals surface area (Å²) in [4.78, 5) is 0.742. The zero-order valence-corrected chi connectivity index (χ0v) is 13.3. The molecule has 7 nitrogen and oxygen atoms in total. The molecule has 11 heteroatoms. The predicted molar refractivity (Wildman–Crippen MR) is 78.9 cm³/mol. The normalized spacial score (nSPS) is 21.0. The summed E-state index contributed by atoms with van der Waals surface area (Å²) >= 11 is 0. The largest absolute Gasteiger partial charge is 0.417 e. The van der Waals surface area contributed by atoms with Gasteiger partial charge in [0.2, 0.25) is 5.50 Å². The standard InChI is InChI=1S/C13H13F3N4O3S/c1-12(2)10(18)20(11(19-12)24(21,22)23)8-4-3-7(6-17)9(5-8)13(14,15)16/h3-5,11,18-19H,1-2H3,(H,21,22,23). The van der Waals surface area contributed by atoms with Crippen molar-refractivity contribution >= 4 is 21.6 Å². The van der Waals surface area contributed by atoms with E-state index in [9.17, 15) is 26.1 Å². The van der Waals surface area contributed by atoms with Gasteiger partial charge >= 0.3 is 16.3 Å². The van der Waals surface area contributed by atoms with Crippen LogP contribution in [0.4, 0.5) is 18.9 Å². The zero-order chi connectivity index (χ0) is 18.5. The van der Waals surface area contributed by atoms with Gasteiger partial charge in [-0.25, -0.2) is 0 Å². The molecule has 24 heavy (non-hydrogen) atoms. The smallest absolute Gasteiger partial charge is 0.297 e. The Labute approximate surface area is 135 Å². The Morgan fingerprint density at radius 3 is 2.46 bits per heavy atom. The Kier molecular flexibility index (Phi) is 4.12. The van der Waals surface area contributed by atoms with Gasteiger partial charge in [-0.05, 0) is 32.0 Å². The van der Waals surface area contributed by atoms with E-state index in [1.165, 1.54) is 19.9 Å². The van der Waals surface area contributed by atoms with Crippen molar-refractivity contribution < 1.29 is 26.1 Å². The number of benzene rings is 1. The first-order valence-corrected chi connectivity index (χ1v) is 8.03. The van der Waals surface area contributed by atoms with Gasteiger partial charge in [-0.2, -0.15) is 26.9 Å². The minimum atomic E-state index is -4.83. The molecule has 0 amide bonds. The third-order valence-electron chi connectivity index (χ3n) is 3.54. The van der Waals surface area contributed by atoms with E-state index < -0.39 is 38.5 Å². The fourth-order valence-electron chi connectivity index (χ4n) is 2.35. The maximum Gasteiger partial charge on any atom is 0.417 e. The number of hydrogen-bond donors (Lipinski definition) is 3. The number of rotatable bonds is 2. The molecule has 0 bridgehead atoms. The number of hydrogen-bond acceptors (Lipinski definition) is 5. The molecule has 1 aromatic carbocycles. The van der Waals surface area contributed by atoms with E-state index >= 15 is 0 Å². The van der Waals surface area contributed by atoms with Gasteiger partial charge in [0.25, 0.3) is 0 Å². The molecule has 1 aliphatic heterocycles. The second-order valence-corrected chi connectivity index (χ2v) is 7.17. The lowest BCUT2D eigenvalue weighted by molar-refractivity contribution is -0.137. The van der Waals surface area contributed by atoms with Gasteiger partial charge in [-0.15, -0.1) is 0 Å². The van der Waals surface area contributed by atoms with Crippen LogP contribution in [0.2, 0.25) is 0 Å². The van der Waals surface area contributed by atoms with Crippen LogP contribution < -0.4 is 10.2 Å². The third-order valence-corrected chi connectivity index (χ3v) is 4.43. The molecule has 2 rings (SSSR count). The van der Waals surface area contributed by atoms with Crippen LogP contribution in [0.5, 0.6) is 0 Å². The van der Waals surface area contributed by atoms with E-state index in [0.717, 1.165) is 17.0 Å². The van der Waals surface area contributed by atoms with Gasteiger partial charge in [-0.1, -0.05) is 0 Å². The summed E-state index contributed by atoms with van der Waals surface area (Å²) in [5.41, 5.74) is -5.19. The molecule has 1 aliphatic rings. The Hall–Kier alpha value is -2.16. The van der Waals surface area contributed by atoms with Gasteiger partial charge in [0, 0.05) is 5.69 Å². The molecule has 130 valence electrons. The minimum Gasteiger partial charge on any atom is -0.297 e. The average Bonchev–Trinajstić information content (AvgIpc) is 2.68. The highest BCUT2D eigenvalue weighted by Crippen LogP contribution is 2.37. The van der Waals surface area contributed by atoms with Crippen LogP contribution in [-0.4, -0.2) is 29.8 Å². The number of halogens is 3. The first-order chi connectivity index (χ1) is 10.8. The SMILES string of the molecule is CC1(C)NC(S(=O)(=O)O)N(c2ccc(C#N)c(C(F)(F)F)c2)C1=N. The molecule has 1 atom stereocenters. The minimum absolute atomic E-state index is 0.285. The number of alkyl halides is 3. The van der Waals surface area contributed by atoms with Gasteiger partial charge < -0.3 is 0 Å². The van der Waals surface area contributed by atoms with Crippen LogP contribution in [0.3, 0.4) is 0 Å². The van der Waals surface area contributed by atoms with Crippen LogP contribution in [0.1, 0.15) is 25.0 Å². The summed E-state index contributed by atoms with van der Waals surface area (Å²) in [5.74, 6) is -0.344. The number of anilines is 1. The topological polar surface area (TPSA) is 117 Å². The lowest BCUT2D eigenvalue weighted by atomic mass is 10.0. The first kappa shape index (κ1) is 18.2. The summed E-state index contributed by atoms with van der Waals surface area (Å²) in [6.45, 7) is 2.89. The van der Waals surface area contributed by atoms with Crippen molar-refractivity contribution in [3.63, 3.8) is 0 Å². The van der Waals surface area contributed by atoms with Gasteiger partial charge in [0.05, 0.1) is 22.7 Å². The molecule has 1 aromatic rings. The third kappa shape index (κ3) is 3.08.